The number of aliphatic hydroxyl groups excluding tert-OH is 1. The lowest BCUT2D eigenvalue weighted by molar-refractivity contribution is -0.140. The number of carboxylic acid groups (broad SMARTS) is 1. The van der Waals surface area contributed by atoms with Gasteiger partial charge in [0.2, 0.25) is 0 Å². The largest absolute Gasteiger partial charge is 0.481 e. The third-order valence-corrected chi connectivity index (χ3v) is 3.98. The Morgan fingerprint density at radius 3 is 2.61 bits per heavy atom. The van der Waals surface area contributed by atoms with E-state index < -0.39 is 11.4 Å². The molecule has 1 saturated carbocycles. The standard InChI is InChI=1S/C15H14O3/c16-9-11-8-15(11,14(17)18)13-7-3-5-10-4-1-2-6-12(10)13/h1-7,11,16H,8-9H2,(H,17,18). The molecule has 1 aliphatic carbocycles. The first-order valence-electron chi connectivity index (χ1n) is 6.02. The second-order valence-electron chi connectivity index (χ2n) is 4.89. The van der Waals surface area contributed by atoms with E-state index in [1.165, 1.54) is 0 Å². The molecule has 1 aliphatic rings. The highest BCUT2D eigenvalue weighted by atomic mass is 16.4. The fourth-order valence-electron chi connectivity index (χ4n) is 2.87. The summed E-state index contributed by atoms with van der Waals surface area (Å²) in [5.41, 5.74) is -0.0672. The zero-order valence-corrected chi connectivity index (χ0v) is 9.84. The number of hydrogen-bond donors (Lipinski definition) is 2. The molecular formula is C15H14O3. The lowest BCUT2D eigenvalue weighted by atomic mass is 9.89. The van der Waals surface area contributed by atoms with Gasteiger partial charge in [-0.25, -0.2) is 0 Å². The zero-order chi connectivity index (χ0) is 12.8. The van der Waals surface area contributed by atoms with Gasteiger partial charge in [0, 0.05) is 12.5 Å². The molecule has 92 valence electrons. The fourth-order valence-corrected chi connectivity index (χ4v) is 2.87. The van der Waals surface area contributed by atoms with Crippen molar-refractivity contribution in [2.75, 3.05) is 6.61 Å². The number of hydrogen-bond acceptors (Lipinski definition) is 2. The van der Waals surface area contributed by atoms with Gasteiger partial charge in [-0.1, -0.05) is 42.5 Å². The Morgan fingerprint density at radius 1 is 1.22 bits per heavy atom. The van der Waals surface area contributed by atoms with Crippen LogP contribution in [-0.2, 0) is 10.2 Å². The van der Waals surface area contributed by atoms with E-state index in [9.17, 15) is 15.0 Å². The highest BCUT2D eigenvalue weighted by molar-refractivity contribution is 5.95. The molecule has 3 heteroatoms. The molecule has 0 spiro atoms. The van der Waals surface area contributed by atoms with Crippen LogP contribution in [0, 0.1) is 5.92 Å². The van der Waals surface area contributed by atoms with Gasteiger partial charge in [-0.2, -0.15) is 0 Å². The maximum absolute atomic E-state index is 11.6. The second kappa shape index (κ2) is 3.82. The summed E-state index contributed by atoms with van der Waals surface area (Å²) >= 11 is 0. The Hall–Kier alpha value is -1.87. The van der Waals surface area contributed by atoms with Crippen LogP contribution in [0.1, 0.15) is 12.0 Å². The fraction of sp³-hybridized carbons (Fsp3) is 0.267. The number of fused-ring (bicyclic) bond motifs is 1. The summed E-state index contributed by atoms with van der Waals surface area (Å²) in [6.45, 7) is -0.0739. The molecule has 0 amide bonds. The quantitative estimate of drug-likeness (QED) is 0.867. The number of carboxylic acids is 1. The van der Waals surface area contributed by atoms with Gasteiger partial charge in [-0.05, 0) is 22.8 Å². The molecule has 2 aromatic rings. The van der Waals surface area contributed by atoms with Crippen LogP contribution in [0.4, 0.5) is 0 Å². The Bertz CT molecular complexity index is 615. The molecule has 0 saturated heterocycles. The van der Waals surface area contributed by atoms with Crippen LogP contribution in [0.5, 0.6) is 0 Å². The topological polar surface area (TPSA) is 57.5 Å². The third-order valence-electron chi connectivity index (χ3n) is 3.98. The van der Waals surface area contributed by atoms with E-state index >= 15 is 0 Å². The first-order chi connectivity index (χ1) is 8.70. The van der Waals surface area contributed by atoms with E-state index in [-0.39, 0.29) is 12.5 Å². The second-order valence-corrected chi connectivity index (χ2v) is 4.89. The minimum atomic E-state index is -0.893. The number of aliphatic carboxylic acids is 1. The molecule has 0 aromatic heterocycles. The minimum Gasteiger partial charge on any atom is -0.481 e. The average molecular weight is 242 g/mol. The van der Waals surface area contributed by atoms with E-state index in [4.69, 9.17) is 0 Å². The van der Waals surface area contributed by atoms with Crippen molar-refractivity contribution in [1.82, 2.24) is 0 Å². The van der Waals surface area contributed by atoms with Gasteiger partial charge in [-0.15, -0.1) is 0 Å². The molecule has 2 N–H and O–H groups in total. The molecule has 18 heavy (non-hydrogen) atoms. The van der Waals surface area contributed by atoms with Crippen LogP contribution < -0.4 is 0 Å². The minimum absolute atomic E-state index is 0.0739. The van der Waals surface area contributed by atoms with Gasteiger partial charge < -0.3 is 10.2 Å². The van der Waals surface area contributed by atoms with Crippen LogP contribution in [0.3, 0.4) is 0 Å². The SMILES string of the molecule is O=C(O)C1(c2cccc3ccccc23)CC1CO. The molecule has 0 aliphatic heterocycles. The van der Waals surface area contributed by atoms with E-state index in [1.54, 1.807) is 0 Å². The smallest absolute Gasteiger partial charge is 0.314 e. The van der Waals surface area contributed by atoms with Crippen LogP contribution >= 0.6 is 0 Å². The summed E-state index contributed by atoms with van der Waals surface area (Å²) in [5, 5.41) is 20.8. The van der Waals surface area contributed by atoms with Gasteiger partial charge in [0.1, 0.15) is 0 Å². The number of benzene rings is 2. The van der Waals surface area contributed by atoms with Crippen molar-refractivity contribution in [3.63, 3.8) is 0 Å². The number of aliphatic hydroxyl groups is 1. The van der Waals surface area contributed by atoms with E-state index in [0.717, 1.165) is 16.3 Å². The summed E-state index contributed by atoms with van der Waals surface area (Å²) in [7, 11) is 0. The van der Waals surface area contributed by atoms with Crippen molar-refractivity contribution in [1.29, 1.82) is 0 Å². The first kappa shape index (κ1) is 11.2. The molecule has 1 fully saturated rings. The lowest BCUT2D eigenvalue weighted by Crippen LogP contribution is -2.23. The number of rotatable bonds is 3. The summed E-state index contributed by atoms with van der Waals surface area (Å²) in [5.74, 6) is -1.00. The van der Waals surface area contributed by atoms with Crippen LogP contribution in [0.25, 0.3) is 10.8 Å². The van der Waals surface area contributed by atoms with Crippen LogP contribution in [0.2, 0.25) is 0 Å². The average Bonchev–Trinajstić information content (AvgIpc) is 3.14. The highest BCUT2D eigenvalue weighted by Gasteiger charge is 2.61. The normalized spacial score (nSPS) is 26.2. The van der Waals surface area contributed by atoms with Crippen molar-refractivity contribution in [2.24, 2.45) is 5.92 Å². The molecular weight excluding hydrogens is 228 g/mol. The highest BCUT2D eigenvalue weighted by Crippen LogP contribution is 2.55. The van der Waals surface area contributed by atoms with Gasteiger partial charge in [0.15, 0.2) is 0 Å². The van der Waals surface area contributed by atoms with E-state index in [2.05, 4.69) is 0 Å². The Labute approximate surface area is 105 Å². The Kier molecular flexibility index (Phi) is 2.38. The summed E-state index contributed by atoms with van der Waals surface area (Å²) in [6, 6.07) is 13.5. The molecule has 0 bridgehead atoms. The van der Waals surface area contributed by atoms with Crippen LogP contribution in [0.15, 0.2) is 42.5 Å². The third kappa shape index (κ3) is 1.37. The van der Waals surface area contributed by atoms with Gasteiger partial charge >= 0.3 is 5.97 Å². The van der Waals surface area contributed by atoms with Crippen molar-refractivity contribution < 1.29 is 15.0 Å². The van der Waals surface area contributed by atoms with E-state index in [1.807, 2.05) is 42.5 Å². The van der Waals surface area contributed by atoms with Crippen molar-refractivity contribution >= 4 is 16.7 Å². The van der Waals surface area contributed by atoms with Gasteiger partial charge in [0.25, 0.3) is 0 Å². The van der Waals surface area contributed by atoms with Crippen molar-refractivity contribution in [2.45, 2.75) is 11.8 Å². The molecule has 0 heterocycles. The molecule has 0 radical (unpaired) electrons. The maximum Gasteiger partial charge on any atom is 0.314 e. The van der Waals surface area contributed by atoms with Crippen molar-refractivity contribution in [3.8, 4) is 0 Å². The maximum atomic E-state index is 11.6. The van der Waals surface area contributed by atoms with Gasteiger partial charge in [0.05, 0.1) is 5.41 Å². The Morgan fingerprint density at radius 2 is 1.94 bits per heavy atom. The molecule has 2 unspecified atom stereocenters. The summed E-state index contributed by atoms with van der Waals surface area (Å²) in [4.78, 5) is 11.6. The summed E-state index contributed by atoms with van der Waals surface area (Å²) in [6.07, 6.45) is 0.521. The molecule has 2 aromatic carbocycles. The van der Waals surface area contributed by atoms with Crippen molar-refractivity contribution in [3.05, 3.63) is 48.0 Å². The Balaban J connectivity index is 2.23. The molecule has 3 rings (SSSR count). The molecule has 3 nitrogen and oxygen atoms in total. The predicted octanol–water partition coefficient (Wildman–Crippen LogP) is 2.17. The monoisotopic (exact) mass is 242 g/mol. The predicted molar refractivity (Wildman–Crippen MR) is 68.5 cm³/mol. The van der Waals surface area contributed by atoms with Crippen LogP contribution in [-0.4, -0.2) is 22.8 Å². The van der Waals surface area contributed by atoms with Gasteiger partial charge in [-0.3, -0.25) is 4.79 Å². The number of carbonyl (C=O) groups is 1. The van der Waals surface area contributed by atoms with E-state index in [0.29, 0.717) is 6.42 Å². The molecule has 2 atom stereocenters. The first-order valence-corrected chi connectivity index (χ1v) is 6.02. The lowest BCUT2D eigenvalue weighted by Gasteiger charge is -2.15. The zero-order valence-electron chi connectivity index (χ0n) is 9.84. The summed E-state index contributed by atoms with van der Waals surface area (Å²) < 4.78 is 0.